The summed E-state index contributed by atoms with van der Waals surface area (Å²) in [5, 5.41) is 3.88. The molecule has 1 saturated heterocycles. The van der Waals surface area contributed by atoms with E-state index in [9.17, 15) is 4.79 Å². The number of aromatic nitrogens is 2. The van der Waals surface area contributed by atoms with Gasteiger partial charge in [-0.2, -0.15) is 0 Å². The number of benzene rings is 1. The maximum atomic E-state index is 13.0. The highest BCUT2D eigenvalue weighted by molar-refractivity contribution is 9.10. The number of imidazole rings is 1. The lowest BCUT2D eigenvalue weighted by Gasteiger charge is -2.36. The molecule has 0 saturated carbocycles. The van der Waals surface area contributed by atoms with E-state index in [1.807, 2.05) is 22.7 Å². The van der Waals surface area contributed by atoms with Crippen LogP contribution in [0.3, 0.4) is 0 Å². The van der Waals surface area contributed by atoms with Crippen LogP contribution in [0.4, 0.5) is 0 Å². The molecule has 2 aromatic rings. The first-order valence-electron chi connectivity index (χ1n) is 7.02. The maximum absolute atomic E-state index is 13.0. The second-order valence-electron chi connectivity index (χ2n) is 5.24. The van der Waals surface area contributed by atoms with Crippen LogP contribution in [0.2, 0.25) is 5.02 Å². The normalized spacial score (nSPS) is 17.7. The summed E-state index contributed by atoms with van der Waals surface area (Å²) in [4.78, 5) is 19.2. The SMILES string of the molecule is Cl.Cn1ccnc1C1CNCCN1C(=O)c1cc(Cl)ccc1Br. The summed E-state index contributed by atoms with van der Waals surface area (Å²) < 4.78 is 2.70. The zero-order valence-electron chi connectivity index (χ0n) is 12.5. The Hall–Kier alpha value is -1.08. The van der Waals surface area contributed by atoms with E-state index >= 15 is 0 Å². The average molecular weight is 420 g/mol. The first-order chi connectivity index (χ1) is 10.6. The molecule has 1 unspecified atom stereocenters. The quantitative estimate of drug-likeness (QED) is 0.813. The Bertz CT molecular complexity index is 707. The minimum absolute atomic E-state index is 0. The topological polar surface area (TPSA) is 50.2 Å². The Morgan fingerprint density at radius 1 is 1.48 bits per heavy atom. The fourth-order valence-electron chi connectivity index (χ4n) is 2.69. The third kappa shape index (κ3) is 3.71. The predicted octanol–water partition coefficient (Wildman–Crippen LogP) is 3.04. The zero-order valence-corrected chi connectivity index (χ0v) is 15.7. The average Bonchev–Trinajstić information content (AvgIpc) is 2.95. The molecule has 3 rings (SSSR count). The van der Waals surface area contributed by atoms with Crippen molar-refractivity contribution in [3.63, 3.8) is 0 Å². The van der Waals surface area contributed by atoms with Gasteiger partial charge < -0.3 is 14.8 Å². The van der Waals surface area contributed by atoms with Crippen LogP contribution in [0.15, 0.2) is 35.1 Å². The van der Waals surface area contributed by atoms with E-state index in [-0.39, 0.29) is 24.4 Å². The van der Waals surface area contributed by atoms with Crippen LogP contribution >= 0.6 is 39.9 Å². The van der Waals surface area contributed by atoms with Gasteiger partial charge in [-0.05, 0) is 34.1 Å². The summed E-state index contributed by atoms with van der Waals surface area (Å²) in [5.41, 5.74) is 0.577. The van der Waals surface area contributed by atoms with Gasteiger partial charge in [0.25, 0.3) is 5.91 Å². The first kappa shape index (κ1) is 18.3. The van der Waals surface area contributed by atoms with Crippen molar-refractivity contribution >= 4 is 45.8 Å². The van der Waals surface area contributed by atoms with Crippen LogP contribution in [0.5, 0.6) is 0 Å². The van der Waals surface area contributed by atoms with E-state index in [0.717, 1.165) is 16.8 Å². The molecule has 1 aromatic heterocycles. The summed E-state index contributed by atoms with van der Waals surface area (Å²) in [7, 11) is 1.94. The van der Waals surface area contributed by atoms with E-state index in [2.05, 4.69) is 26.2 Å². The number of piperazine rings is 1. The molecule has 1 aliphatic rings. The van der Waals surface area contributed by atoms with Gasteiger partial charge in [0.1, 0.15) is 11.9 Å². The third-order valence-corrected chi connectivity index (χ3v) is 4.75. The summed E-state index contributed by atoms with van der Waals surface area (Å²) in [6, 6.07) is 5.17. The minimum Gasteiger partial charge on any atom is -0.336 e. The Labute approximate surface area is 154 Å². The summed E-state index contributed by atoms with van der Waals surface area (Å²) in [6.45, 7) is 2.09. The highest BCUT2D eigenvalue weighted by Gasteiger charge is 2.31. The molecule has 1 fully saturated rings. The van der Waals surface area contributed by atoms with Gasteiger partial charge >= 0.3 is 0 Å². The van der Waals surface area contributed by atoms with E-state index in [1.165, 1.54) is 0 Å². The van der Waals surface area contributed by atoms with Crippen molar-refractivity contribution < 1.29 is 4.79 Å². The Morgan fingerprint density at radius 2 is 2.26 bits per heavy atom. The molecule has 0 aliphatic carbocycles. The fourth-order valence-corrected chi connectivity index (χ4v) is 3.28. The molecule has 1 aromatic carbocycles. The van der Waals surface area contributed by atoms with Gasteiger partial charge in [0.05, 0.1) is 5.56 Å². The number of rotatable bonds is 2. The molecule has 5 nitrogen and oxygen atoms in total. The molecule has 1 amide bonds. The van der Waals surface area contributed by atoms with E-state index in [0.29, 0.717) is 23.7 Å². The number of hydrogen-bond donors (Lipinski definition) is 1. The lowest BCUT2D eigenvalue weighted by Crippen LogP contribution is -2.49. The summed E-state index contributed by atoms with van der Waals surface area (Å²) >= 11 is 9.48. The van der Waals surface area contributed by atoms with Crippen molar-refractivity contribution in [2.75, 3.05) is 19.6 Å². The number of amides is 1. The minimum atomic E-state index is -0.0906. The van der Waals surface area contributed by atoms with Gasteiger partial charge in [-0.25, -0.2) is 4.98 Å². The lowest BCUT2D eigenvalue weighted by atomic mass is 10.1. The van der Waals surface area contributed by atoms with Crippen molar-refractivity contribution in [2.24, 2.45) is 7.05 Å². The number of hydrogen-bond acceptors (Lipinski definition) is 3. The molecule has 0 bridgehead atoms. The number of halogens is 3. The standard InChI is InChI=1S/C15H16BrClN4O.ClH/c1-20-6-5-19-14(20)13-9-18-4-7-21(13)15(22)11-8-10(17)2-3-12(11)16;/h2-3,5-6,8,13,18H,4,7,9H2,1H3;1H. The van der Waals surface area contributed by atoms with Crippen LogP contribution in [-0.4, -0.2) is 40.0 Å². The predicted molar refractivity (Wildman–Crippen MR) is 96.3 cm³/mol. The molecule has 124 valence electrons. The smallest absolute Gasteiger partial charge is 0.255 e. The number of aryl methyl sites for hydroxylation is 1. The van der Waals surface area contributed by atoms with Crippen molar-refractivity contribution in [2.45, 2.75) is 6.04 Å². The summed E-state index contributed by atoms with van der Waals surface area (Å²) in [5.74, 6) is 0.836. The second-order valence-corrected chi connectivity index (χ2v) is 6.53. The Balaban J connectivity index is 0.00000192. The van der Waals surface area contributed by atoms with Gasteiger partial charge in [0.2, 0.25) is 0 Å². The van der Waals surface area contributed by atoms with E-state index in [4.69, 9.17) is 11.6 Å². The van der Waals surface area contributed by atoms with Crippen molar-refractivity contribution in [1.82, 2.24) is 19.8 Å². The van der Waals surface area contributed by atoms with Crippen LogP contribution in [0.1, 0.15) is 22.2 Å². The number of carbonyl (C=O) groups is 1. The van der Waals surface area contributed by atoms with E-state index in [1.54, 1.807) is 24.4 Å². The third-order valence-electron chi connectivity index (χ3n) is 3.82. The molecule has 2 heterocycles. The van der Waals surface area contributed by atoms with Crippen LogP contribution in [0, 0.1) is 0 Å². The Kier molecular flexibility index (Phi) is 6.08. The van der Waals surface area contributed by atoms with Gasteiger partial charge in [-0.1, -0.05) is 11.6 Å². The van der Waals surface area contributed by atoms with Crippen LogP contribution < -0.4 is 5.32 Å². The highest BCUT2D eigenvalue weighted by Crippen LogP contribution is 2.27. The van der Waals surface area contributed by atoms with Gasteiger partial charge in [0.15, 0.2) is 0 Å². The number of nitrogens with zero attached hydrogens (tertiary/aromatic N) is 3. The molecule has 8 heteroatoms. The zero-order chi connectivity index (χ0) is 15.7. The molecule has 0 radical (unpaired) electrons. The molecule has 23 heavy (non-hydrogen) atoms. The number of carbonyl (C=O) groups excluding carboxylic acids is 1. The largest absolute Gasteiger partial charge is 0.336 e. The van der Waals surface area contributed by atoms with Crippen molar-refractivity contribution in [1.29, 1.82) is 0 Å². The van der Waals surface area contributed by atoms with E-state index < -0.39 is 0 Å². The van der Waals surface area contributed by atoms with Crippen LogP contribution in [-0.2, 0) is 7.05 Å². The van der Waals surface area contributed by atoms with Gasteiger partial charge in [0, 0.05) is 48.6 Å². The number of nitrogens with one attached hydrogen (secondary N) is 1. The highest BCUT2D eigenvalue weighted by atomic mass is 79.9. The summed E-state index contributed by atoms with van der Waals surface area (Å²) in [6.07, 6.45) is 3.64. The second kappa shape index (κ2) is 7.66. The fraction of sp³-hybridized carbons (Fsp3) is 0.333. The molecule has 1 N–H and O–H groups in total. The first-order valence-corrected chi connectivity index (χ1v) is 8.19. The molecular weight excluding hydrogens is 403 g/mol. The Morgan fingerprint density at radius 3 is 2.96 bits per heavy atom. The maximum Gasteiger partial charge on any atom is 0.255 e. The molecule has 0 spiro atoms. The molecule has 1 atom stereocenters. The van der Waals surface area contributed by atoms with Crippen molar-refractivity contribution in [3.05, 3.63) is 51.5 Å². The monoisotopic (exact) mass is 418 g/mol. The lowest BCUT2D eigenvalue weighted by molar-refractivity contribution is 0.0620. The molecule has 1 aliphatic heterocycles. The van der Waals surface area contributed by atoms with Gasteiger partial charge in [-0.3, -0.25) is 4.79 Å². The van der Waals surface area contributed by atoms with Crippen LogP contribution in [0.25, 0.3) is 0 Å². The van der Waals surface area contributed by atoms with Gasteiger partial charge in [-0.15, -0.1) is 12.4 Å². The molecular formula is C15H17BrCl2N4O. The van der Waals surface area contributed by atoms with Crippen molar-refractivity contribution in [3.8, 4) is 0 Å².